The highest BCUT2D eigenvalue weighted by Crippen LogP contribution is 2.24. The lowest BCUT2D eigenvalue weighted by atomic mass is 9.92. The average molecular weight is 255 g/mol. The number of ether oxygens (including phenoxy) is 1. The minimum atomic E-state index is -1.16. The fourth-order valence-corrected chi connectivity index (χ4v) is 2.37. The third-order valence-electron chi connectivity index (χ3n) is 3.36. The summed E-state index contributed by atoms with van der Waals surface area (Å²) in [5, 5.41) is 7.39. The minimum absolute atomic E-state index is 0.141. The van der Waals surface area contributed by atoms with E-state index in [0.717, 1.165) is 25.1 Å². The van der Waals surface area contributed by atoms with Crippen LogP contribution in [0.1, 0.15) is 25.3 Å². The quantitative estimate of drug-likeness (QED) is 0.866. The lowest BCUT2D eigenvalue weighted by Crippen LogP contribution is -2.44. The van der Waals surface area contributed by atoms with E-state index in [-0.39, 0.29) is 6.04 Å². The average Bonchev–Trinajstić information content (AvgIpc) is 2.74. The highest BCUT2D eigenvalue weighted by molar-refractivity contribution is 5.04. The standard InChI is InChI=1S/C13H22FN3O/c1-13(14,7-12-10-18-6-5-15-12)4-3-11-8-16-17(2)9-11/h8-9,12,15H,3-7,10H2,1-2H3. The molecule has 1 aliphatic rings. The number of hydrogen-bond acceptors (Lipinski definition) is 3. The van der Waals surface area contributed by atoms with Crippen molar-refractivity contribution in [2.75, 3.05) is 19.8 Å². The minimum Gasteiger partial charge on any atom is -0.379 e. The first-order chi connectivity index (χ1) is 8.55. The van der Waals surface area contributed by atoms with Gasteiger partial charge in [-0.1, -0.05) is 0 Å². The molecule has 1 aliphatic heterocycles. The molecule has 0 saturated carbocycles. The summed E-state index contributed by atoms with van der Waals surface area (Å²) in [6.45, 7) is 3.85. The number of nitrogens with zero attached hydrogens (tertiary/aromatic N) is 2. The fraction of sp³-hybridized carbons (Fsp3) is 0.769. The summed E-state index contributed by atoms with van der Waals surface area (Å²) in [4.78, 5) is 0. The maximum absolute atomic E-state index is 14.4. The van der Waals surface area contributed by atoms with Gasteiger partial charge in [-0.15, -0.1) is 0 Å². The van der Waals surface area contributed by atoms with Crippen molar-refractivity contribution in [2.24, 2.45) is 7.05 Å². The Hall–Kier alpha value is -0.940. The first-order valence-electron chi connectivity index (χ1n) is 6.53. The van der Waals surface area contributed by atoms with Crippen molar-refractivity contribution in [2.45, 2.75) is 37.9 Å². The lowest BCUT2D eigenvalue weighted by molar-refractivity contribution is 0.0460. The second-order valence-electron chi connectivity index (χ2n) is 5.37. The molecule has 2 unspecified atom stereocenters. The third kappa shape index (κ3) is 4.07. The molecule has 0 spiro atoms. The van der Waals surface area contributed by atoms with Crippen molar-refractivity contribution in [1.82, 2.24) is 15.1 Å². The zero-order valence-electron chi connectivity index (χ0n) is 11.2. The van der Waals surface area contributed by atoms with Crippen LogP contribution in [0.2, 0.25) is 0 Å². The summed E-state index contributed by atoms with van der Waals surface area (Å²) in [7, 11) is 1.88. The van der Waals surface area contributed by atoms with Crippen LogP contribution in [0.4, 0.5) is 4.39 Å². The van der Waals surface area contributed by atoms with Crippen molar-refractivity contribution >= 4 is 0 Å². The Morgan fingerprint density at radius 2 is 2.50 bits per heavy atom. The van der Waals surface area contributed by atoms with Crippen LogP contribution in [0.5, 0.6) is 0 Å². The predicted molar refractivity (Wildman–Crippen MR) is 68.3 cm³/mol. The van der Waals surface area contributed by atoms with Gasteiger partial charge in [0.15, 0.2) is 0 Å². The summed E-state index contributed by atoms with van der Waals surface area (Å²) in [5.41, 5.74) is -0.0666. The highest BCUT2D eigenvalue weighted by Gasteiger charge is 2.28. The van der Waals surface area contributed by atoms with E-state index in [4.69, 9.17) is 4.74 Å². The predicted octanol–water partition coefficient (Wildman–Crippen LogP) is 1.46. The van der Waals surface area contributed by atoms with Gasteiger partial charge in [-0.3, -0.25) is 4.68 Å². The van der Waals surface area contributed by atoms with E-state index in [1.807, 2.05) is 13.2 Å². The SMILES string of the molecule is Cn1cc(CCC(C)(F)CC2COCCN2)cn1. The molecule has 0 aliphatic carbocycles. The summed E-state index contributed by atoms with van der Waals surface area (Å²) in [6, 6.07) is 0.141. The summed E-state index contributed by atoms with van der Waals surface area (Å²) in [6.07, 6.45) is 5.51. The van der Waals surface area contributed by atoms with Crippen LogP contribution in [0.25, 0.3) is 0 Å². The Morgan fingerprint density at radius 1 is 1.67 bits per heavy atom. The first kappa shape index (κ1) is 13.5. The molecule has 1 fully saturated rings. The zero-order valence-corrected chi connectivity index (χ0v) is 11.2. The largest absolute Gasteiger partial charge is 0.379 e. The molecule has 0 bridgehead atoms. The van der Waals surface area contributed by atoms with Crippen LogP contribution in [0, 0.1) is 0 Å². The van der Waals surface area contributed by atoms with E-state index in [1.165, 1.54) is 0 Å². The molecule has 2 rings (SSSR count). The molecule has 0 radical (unpaired) electrons. The number of halogens is 1. The van der Waals surface area contributed by atoms with Gasteiger partial charge in [0.25, 0.3) is 0 Å². The Labute approximate surface area is 108 Å². The van der Waals surface area contributed by atoms with Crippen LogP contribution in [0.3, 0.4) is 0 Å². The molecular formula is C13H22FN3O. The van der Waals surface area contributed by atoms with E-state index in [1.54, 1.807) is 17.8 Å². The van der Waals surface area contributed by atoms with Gasteiger partial charge < -0.3 is 10.1 Å². The van der Waals surface area contributed by atoms with Crippen molar-refractivity contribution < 1.29 is 9.13 Å². The zero-order chi connectivity index (χ0) is 13.0. The van der Waals surface area contributed by atoms with Gasteiger partial charge in [0.1, 0.15) is 5.67 Å². The Balaban J connectivity index is 1.79. The normalized spacial score (nSPS) is 23.8. The van der Waals surface area contributed by atoms with E-state index in [0.29, 0.717) is 19.4 Å². The van der Waals surface area contributed by atoms with Crippen molar-refractivity contribution in [1.29, 1.82) is 0 Å². The monoisotopic (exact) mass is 255 g/mol. The van der Waals surface area contributed by atoms with Crippen molar-refractivity contribution in [3.05, 3.63) is 18.0 Å². The molecule has 102 valence electrons. The summed E-state index contributed by atoms with van der Waals surface area (Å²) in [5.74, 6) is 0. The molecule has 18 heavy (non-hydrogen) atoms. The second-order valence-corrected chi connectivity index (χ2v) is 5.37. The van der Waals surface area contributed by atoms with E-state index in [2.05, 4.69) is 10.4 Å². The number of nitrogens with one attached hydrogen (secondary N) is 1. The van der Waals surface area contributed by atoms with Gasteiger partial charge in [-0.2, -0.15) is 5.10 Å². The van der Waals surface area contributed by atoms with Gasteiger partial charge in [-0.25, -0.2) is 4.39 Å². The van der Waals surface area contributed by atoms with E-state index >= 15 is 0 Å². The molecule has 2 heterocycles. The molecule has 1 saturated heterocycles. The Kier molecular flexibility index (Phi) is 4.35. The van der Waals surface area contributed by atoms with Crippen molar-refractivity contribution in [3.63, 3.8) is 0 Å². The van der Waals surface area contributed by atoms with E-state index < -0.39 is 5.67 Å². The number of morpholine rings is 1. The van der Waals surface area contributed by atoms with Gasteiger partial charge in [0.2, 0.25) is 0 Å². The Morgan fingerprint density at radius 3 is 3.11 bits per heavy atom. The number of aryl methyl sites for hydroxylation is 2. The lowest BCUT2D eigenvalue weighted by Gasteiger charge is -2.29. The van der Waals surface area contributed by atoms with Crippen LogP contribution in [-0.4, -0.2) is 41.2 Å². The maximum atomic E-state index is 14.4. The van der Waals surface area contributed by atoms with Crippen LogP contribution < -0.4 is 5.32 Å². The molecule has 1 aromatic heterocycles. The van der Waals surface area contributed by atoms with Crippen LogP contribution >= 0.6 is 0 Å². The van der Waals surface area contributed by atoms with Crippen molar-refractivity contribution in [3.8, 4) is 0 Å². The molecular weight excluding hydrogens is 233 g/mol. The number of alkyl halides is 1. The van der Waals surface area contributed by atoms with Gasteiger partial charge in [0.05, 0.1) is 19.4 Å². The highest BCUT2D eigenvalue weighted by atomic mass is 19.1. The smallest absolute Gasteiger partial charge is 0.110 e. The summed E-state index contributed by atoms with van der Waals surface area (Å²) < 4.78 is 21.5. The second kappa shape index (κ2) is 5.80. The molecule has 2 atom stereocenters. The van der Waals surface area contributed by atoms with Crippen LogP contribution in [0.15, 0.2) is 12.4 Å². The fourth-order valence-electron chi connectivity index (χ4n) is 2.37. The number of rotatable bonds is 5. The Bertz CT molecular complexity index is 372. The molecule has 4 nitrogen and oxygen atoms in total. The molecule has 1 N–H and O–H groups in total. The maximum Gasteiger partial charge on any atom is 0.110 e. The van der Waals surface area contributed by atoms with Gasteiger partial charge >= 0.3 is 0 Å². The topological polar surface area (TPSA) is 39.1 Å². The molecule has 1 aromatic rings. The summed E-state index contributed by atoms with van der Waals surface area (Å²) >= 11 is 0. The van der Waals surface area contributed by atoms with Crippen LogP contribution in [-0.2, 0) is 18.2 Å². The molecule has 5 heteroatoms. The molecule has 0 amide bonds. The van der Waals surface area contributed by atoms with Gasteiger partial charge in [-0.05, 0) is 31.7 Å². The number of hydrogen-bond donors (Lipinski definition) is 1. The third-order valence-corrected chi connectivity index (χ3v) is 3.36. The number of aromatic nitrogens is 2. The molecule has 0 aromatic carbocycles. The first-order valence-corrected chi connectivity index (χ1v) is 6.53. The van der Waals surface area contributed by atoms with Gasteiger partial charge in [0, 0.05) is 25.8 Å². The van der Waals surface area contributed by atoms with E-state index in [9.17, 15) is 4.39 Å².